The number of carbonyl (C=O) groups excluding carboxylic acids is 1. The highest BCUT2D eigenvalue weighted by atomic mass is 16.5. The maximum Gasteiger partial charge on any atom is 0.293 e. The van der Waals surface area contributed by atoms with Crippen LogP contribution in [-0.4, -0.2) is 13.1 Å². The van der Waals surface area contributed by atoms with Gasteiger partial charge in [0, 0.05) is 0 Å². The predicted octanol–water partition coefficient (Wildman–Crippen LogP) is 4.64. The lowest BCUT2D eigenvalue weighted by Gasteiger charge is -2.01. The fraction of sp³-hybridized carbons (Fsp3) is 0.800. The van der Waals surface area contributed by atoms with E-state index in [2.05, 4.69) is 23.8 Å². The molecule has 0 bridgehead atoms. The minimum atomic E-state index is 0.535. The molecule has 0 heterocycles. The largest absolute Gasteiger partial charge is 0.468 e. The molecule has 17 heavy (non-hydrogen) atoms. The van der Waals surface area contributed by atoms with Gasteiger partial charge in [0.15, 0.2) is 0 Å². The standard InChI is InChI=1S/C15H28O2/c1-2-3-4-5-6-7-8-9-10-11-12-13-14-17-15-16/h3-4,15H,2,5-14H2,1H3/b4-3+. The average Bonchev–Trinajstić information content (AvgIpc) is 2.35. The van der Waals surface area contributed by atoms with Crippen LogP contribution in [0, 0.1) is 0 Å². The topological polar surface area (TPSA) is 26.3 Å². The lowest BCUT2D eigenvalue weighted by molar-refractivity contribution is -0.128. The fourth-order valence-corrected chi connectivity index (χ4v) is 1.84. The van der Waals surface area contributed by atoms with Gasteiger partial charge in [-0.3, -0.25) is 4.79 Å². The Morgan fingerprint density at radius 2 is 1.41 bits per heavy atom. The van der Waals surface area contributed by atoms with E-state index in [9.17, 15) is 4.79 Å². The van der Waals surface area contributed by atoms with Crippen LogP contribution in [0.3, 0.4) is 0 Å². The Morgan fingerprint density at radius 3 is 2.00 bits per heavy atom. The molecule has 0 aromatic rings. The Kier molecular flexibility index (Phi) is 14.5. The van der Waals surface area contributed by atoms with E-state index < -0.39 is 0 Å². The summed E-state index contributed by atoms with van der Waals surface area (Å²) >= 11 is 0. The van der Waals surface area contributed by atoms with Gasteiger partial charge in [-0.25, -0.2) is 0 Å². The lowest BCUT2D eigenvalue weighted by atomic mass is 10.1. The second-order valence-electron chi connectivity index (χ2n) is 4.46. The van der Waals surface area contributed by atoms with E-state index in [1.54, 1.807) is 0 Å². The molecule has 100 valence electrons. The molecule has 0 atom stereocenters. The first kappa shape index (κ1) is 16.2. The molecule has 0 aliphatic heterocycles. The van der Waals surface area contributed by atoms with E-state index in [4.69, 9.17) is 0 Å². The summed E-state index contributed by atoms with van der Waals surface area (Å²) in [5.74, 6) is 0. The second-order valence-corrected chi connectivity index (χ2v) is 4.46. The van der Waals surface area contributed by atoms with Crippen molar-refractivity contribution in [2.24, 2.45) is 0 Å². The number of hydrogen-bond donors (Lipinski definition) is 0. The summed E-state index contributed by atoms with van der Waals surface area (Å²) in [7, 11) is 0. The van der Waals surface area contributed by atoms with Crippen molar-refractivity contribution >= 4 is 6.47 Å². The van der Waals surface area contributed by atoms with Crippen LogP contribution in [0.5, 0.6) is 0 Å². The van der Waals surface area contributed by atoms with Crippen LogP contribution in [-0.2, 0) is 9.53 Å². The molecule has 0 saturated carbocycles. The average molecular weight is 240 g/mol. The van der Waals surface area contributed by atoms with Crippen molar-refractivity contribution in [3.8, 4) is 0 Å². The molecule has 0 N–H and O–H groups in total. The monoisotopic (exact) mass is 240 g/mol. The quantitative estimate of drug-likeness (QED) is 0.266. The van der Waals surface area contributed by atoms with Crippen molar-refractivity contribution in [2.75, 3.05) is 6.61 Å². The van der Waals surface area contributed by atoms with Crippen LogP contribution in [0.1, 0.15) is 71.1 Å². The number of rotatable bonds is 13. The normalized spacial score (nSPS) is 10.9. The zero-order valence-corrected chi connectivity index (χ0v) is 11.3. The molecule has 2 heteroatoms. The number of allylic oxidation sites excluding steroid dienone is 2. The molecule has 0 aliphatic carbocycles. The molecule has 0 aromatic heterocycles. The van der Waals surface area contributed by atoms with E-state index >= 15 is 0 Å². The Morgan fingerprint density at radius 1 is 0.824 bits per heavy atom. The Bertz CT molecular complexity index is 176. The Balaban J connectivity index is 2.93. The van der Waals surface area contributed by atoms with Crippen molar-refractivity contribution in [3.63, 3.8) is 0 Å². The van der Waals surface area contributed by atoms with E-state index in [-0.39, 0.29) is 0 Å². The third-order valence-corrected chi connectivity index (χ3v) is 2.85. The van der Waals surface area contributed by atoms with E-state index in [0.29, 0.717) is 13.1 Å². The summed E-state index contributed by atoms with van der Waals surface area (Å²) in [5, 5.41) is 0. The van der Waals surface area contributed by atoms with Gasteiger partial charge in [0.25, 0.3) is 6.47 Å². The maximum absolute atomic E-state index is 9.88. The van der Waals surface area contributed by atoms with Crippen LogP contribution in [0.25, 0.3) is 0 Å². The molecule has 0 unspecified atom stereocenters. The zero-order chi connectivity index (χ0) is 12.6. The smallest absolute Gasteiger partial charge is 0.293 e. The van der Waals surface area contributed by atoms with Crippen molar-refractivity contribution in [1.29, 1.82) is 0 Å². The third-order valence-electron chi connectivity index (χ3n) is 2.85. The molecule has 0 amide bonds. The molecule has 0 radical (unpaired) electrons. The Labute approximate surface area is 106 Å². The first-order chi connectivity index (χ1) is 8.41. The van der Waals surface area contributed by atoms with Crippen molar-refractivity contribution < 1.29 is 9.53 Å². The van der Waals surface area contributed by atoms with Gasteiger partial charge in [0.05, 0.1) is 6.61 Å². The van der Waals surface area contributed by atoms with Crippen LogP contribution in [0.15, 0.2) is 12.2 Å². The number of carbonyl (C=O) groups is 1. The molecule has 0 aliphatic rings. The highest BCUT2D eigenvalue weighted by Crippen LogP contribution is 2.10. The van der Waals surface area contributed by atoms with Gasteiger partial charge in [0.1, 0.15) is 0 Å². The van der Waals surface area contributed by atoms with Crippen molar-refractivity contribution in [3.05, 3.63) is 12.2 Å². The van der Waals surface area contributed by atoms with Gasteiger partial charge in [-0.2, -0.15) is 0 Å². The summed E-state index contributed by atoms with van der Waals surface area (Å²) in [5.41, 5.74) is 0. The first-order valence-corrected chi connectivity index (χ1v) is 7.12. The predicted molar refractivity (Wildman–Crippen MR) is 73.0 cm³/mol. The molecule has 0 saturated heterocycles. The molecule has 0 fully saturated rings. The van der Waals surface area contributed by atoms with E-state index in [0.717, 1.165) is 12.8 Å². The summed E-state index contributed by atoms with van der Waals surface area (Å²) in [6.07, 6.45) is 17.2. The van der Waals surface area contributed by atoms with Gasteiger partial charge in [-0.1, -0.05) is 57.6 Å². The second kappa shape index (κ2) is 15.2. The van der Waals surface area contributed by atoms with Crippen LogP contribution in [0.4, 0.5) is 0 Å². The van der Waals surface area contributed by atoms with Gasteiger partial charge >= 0.3 is 0 Å². The van der Waals surface area contributed by atoms with Crippen molar-refractivity contribution in [1.82, 2.24) is 0 Å². The van der Waals surface area contributed by atoms with Gasteiger partial charge in [0.2, 0.25) is 0 Å². The minimum absolute atomic E-state index is 0.535. The SMILES string of the molecule is CC/C=C/CCCCCCCCCCOC=O. The summed E-state index contributed by atoms with van der Waals surface area (Å²) in [4.78, 5) is 9.88. The van der Waals surface area contributed by atoms with E-state index in [1.165, 1.54) is 51.4 Å². The summed E-state index contributed by atoms with van der Waals surface area (Å²) in [6.45, 7) is 3.30. The van der Waals surface area contributed by atoms with Gasteiger partial charge in [-0.05, 0) is 25.7 Å². The summed E-state index contributed by atoms with van der Waals surface area (Å²) < 4.78 is 4.64. The van der Waals surface area contributed by atoms with Crippen LogP contribution >= 0.6 is 0 Å². The third kappa shape index (κ3) is 15.2. The minimum Gasteiger partial charge on any atom is -0.468 e. The highest BCUT2D eigenvalue weighted by molar-refractivity contribution is 5.36. The van der Waals surface area contributed by atoms with Crippen molar-refractivity contribution in [2.45, 2.75) is 71.1 Å². The highest BCUT2D eigenvalue weighted by Gasteiger charge is 1.92. The first-order valence-electron chi connectivity index (χ1n) is 7.12. The lowest BCUT2D eigenvalue weighted by Crippen LogP contribution is -1.91. The van der Waals surface area contributed by atoms with E-state index in [1.807, 2.05) is 0 Å². The Hall–Kier alpha value is -0.790. The van der Waals surface area contributed by atoms with Gasteiger partial charge < -0.3 is 4.74 Å². The van der Waals surface area contributed by atoms with Crippen LogP contribution < -0.4 is 0 Å². The maximum atomic E-state index is 9.88. The number of hydrogen-bond acceptors (Lipinski definition) is 2. The summed E-state index contributed by atoms with van der Waals surface area (Å²) in [6, 6.07) is 0. The molecule has 0 spiro atoms. The molecule has 0 rings (SSSR count). The van der Waals surface area contributed by atoms with Crippen LogP contribution in [0.2, 0.25) is 0 Å². The molecule has 2 nitrogen and oxygen atoms in total. The fourth-order valence-electron chi connectivity index (χ4n) is 1.84. The number of ether oxygens (including phenoxy) is 1. The number of unbranched alkanes of at least 4 members (excludes halogenated alkanes) is 8. The molecular formula is C15H28O2. The van der Waals surface area contributed by atoms with Gasteiger partial charge in [-0.15, -0.1) is 0 Å². The zero-order valence-electron chi connectivity index (χ0n) is 11.3. The molecule has 0 aromatic carbocycles. The molecular weight excluding hydrogens is 212 g/mol.